The standard InChI is InChI=1S/C26H40O3/c1-4-5-6-7-12-26(2,3)20-10-11-22(25(29)15-20)24-16-21(28)14-19-9-8-18(17-27)13-23(19)24/h10-11,14-15,18-19,23-24,27-29H,4-9,12-13,16-17H2,1-3H3. The first-order chi connectivity index (χ1) is 13.9. The molecule has 1 fully saturated rings. The molecule has 162 valence electrons. The predicted molar refractivity (Wildman–Crippen MR) is 119 cm³/mol. The molecular formula is C26H40O3. The molecule has 0 bridgehead atoms. The number of phenolic OH excluding ortho intramolecular Hbond substituents is 1. The van der Waals surface area contributed by atoms with Crippen molar-refractivity contribution in [3.05, 3.63) is 41.2 Å². The molecule has 2 aliphatic rings. The number of phenols is 1. The molecule has 3 heteroatoms. The maximum absolute atomic E-state index is 11.0. The van der Waals surface area contributed by atoms with Gasteiger partial charge in [-0.15, -0.1) is 0 Å². The van der Waals surface area contributed by atoms with Gasteiger partial charge < -0.3 is 15.3 Å². The summed E-state index contributed by atoms with van der Waals surface area (Å²) >= 11 is 0. The Morgan fingerprint density at radius 2 is 1.86 bits per heavy atom. The van der Waals surface area contributed by atoms with Gasteiger partial charge in [0.2, 0.25) is 0 Å². The van der Waals surface area contributed by atoms with Crippen molar-refractivity contribution in [2.45, 2.75) is 89.9 Å². The van der Waals surface area contributed by atoms with Gasteiger partial charge in [-0.25, -0.2) is 0 Å². The zero-order chi connectivity index (χ0) is 21.0. The number of aromatic hydroxyl groups is 1. The monoisotopic (exact) mass is 400 g/mol. The number of benzene rings is 1. The van der Waals surface area contributed by atoms with E-state index in [4.69, 9.17) is 0 Å². The number of hydrogen-bond acceptors (Lipinski definition) is 3. The fraction of sp³-hybridized carbons (Fsp3) is 0.692. The Morgan fingerprint density at radius 1 is 1.07 bits per heavy atom. The second-order valence-electron chi connectivity index (χ2n) is 10.1. The van der Waals surface area contributed by atoms with E-state index < -0.39 is 0 Å². The molecule has 2 aliphatic carbocycles. The molecule has 1 aromatic rings. The van der Waals surface area contributed by atoms with Gasteiger partial charge in [0.25, 0.3) is 0 Å². The number of unbranched alkanes of at least 4 members (excludes halogenated alkanes) is 3. The van der Waals surface area contributed by atoms with E-state index in [0.29, 0.717) is 35.7 Å². The van der Waals surface area contributed by atoms with Crippen LogP contribution in [0.5, 0.6) is 5.75 Å². The quantitative estimate of drug-likeness (QED) is 0.431. The third-order valence-corrected chi connectivity index (χ3v) is 7.54. The van der Waals surface area contributed by atoms with Gasteiger partial charge in [-0.1, -0.05) is 58.6 Å². The van der Waals surface area contributed by atoms with Crippen molar-refractivity contribution in [3.8, 4) is 5.75 Å². The SMILES string of the molecule is CCCCCCC(C)(C)c1ccc(C2CC(O)=CC3CCC(CO)CC32)c(O)c1. The number of hydrogen-bond donors (Lipinski definition) is 3. The molecule has 0 saturated heterocycles. The van der Waals surface area contributed by atoms with Crippen molar-refractivity contribution in [2.24, 2.45) is 17.8 Å². The zero-order valence-electron chi connectivity index (χ0n) is 18.5. The average Bonchev–Trinajstić information content (AvgIpc) is 2.70. The molecule has 0 radical (unpaired) electrons. The van der Waals surface area contributed by atoms with E-state index in [1.807, 2.05) is 12.1 Å². The molecule has 3 N–H and O–H groups in total. The van der Waals surface area contributed by atoms with E-state index >= 15 is 0 Å². The van der Waals surface area contributed by atoms with Gasteiger partial charge in [-0.3, -0.25) is 0 Å². The van der Waals surface area contributed by atoms with Gasteiger partial charge in [0, 0.05) is 13.0 Å². The van der Waals surface area contributed by atoms with Gasteiger partial charge in [0.15, 0.2) is 0 Å². The van der Waals surface area contributed by atoms with Gasteiger partial charge in [0.05, 0.1) is 5.76 Å². The molecule has 3 rings (SSSR count). The summed E-state index contributed by atoms with van der Waals surface area (Å²) in [5.41, 5.74) is 2.20. The van der Waals surface area contributed by atoms with Crippen molar-refractivity contribution >= 4 is 0 Å². The van der Waals surface area contributed by atoms with Gasteiger partial charge in [-0.05, 0) is 78.0 Å². The van der Waals surface area contributed by atoms with Gasteiger partial charge in [0.1, 0.15) is 5.75 Å². The van der Waals surface area contributed by atoms with E-state index in [2.05, 4.69) is 32.9 Å². The van der Waals surface area contributed by atoms with Crippen LogP contribution in [0.15, 0.2) is 30.0 Å². The summed E-state index contributed by atoms with van der Waals surface area (Å²) < 4.78 is 0. The van der Waals surface area contributed by atoms with E-state index in [9.17, 15) is 15.3 Å². The lowest BCUT2D eigenvalue weighted by Gasteiger charge is -2.42. The molecular weight excluding hydrogens is 360 g/mol. The Kier molecular flexibility index (Phi) is 7.32. The maximum atomic E-state index is 11.0. The van der Waals surface area contributed by atoms with Crippen LogP contribution in [0.3, 0.4) is 0 Å². The summed E-state index contributed by atoms with van der Waals surface area (Å²) in [6.45, 7) is 7.01. The Labute approximate surface area is 176 Å². The van der Waals surface area contributed by atoms with E-state index in [-0.39, 0.29) is 17.9 Å². The summed E-state index contributed by atoms with van der Waals surface area (Å²) in [5, 5.41) is 31.0. The largest absolute Gasteiger partial charge is 0.513 e. The van der Waals surface area contributed by atoms with Crippen LogP contribution in [0, 0.1) is 17.8 Å². The number of aliphatic hydroxyl groups excluding tert-OH is 2. The number of fused-ring (bicyclic) bond motifs is 1. The minimum atomic E-state index is 0.0493. The maximum Gasteiger partial charge on any atom is 0.119 e. The van der Waals surface area contributed by atoms with Crippen LogP contribution in [0.25, 0.3) is 0 Å². The van der Waals surface area contributed by atoms with Gasteiger partial charge >= 0.3 is 0 Å². The van der Waals surface area contributed by atoms with Crippen LogP contribution in [0.2, 0.25) is 0 Å². The molecule has 0 heterocycles. The predicted octanol–water partition coefficient (Wildman–Crippen LogP) is 6.59. The Morgan fingerprint density at radius 3 is 2.55 bits per heavy atom. The molecule has 29 heavy (non-hydrogen) atoms. The summed E-state index contributed by atoms with van der Waals surface area (Å²) in [6, 6.07) is 6.25. The first kappa shape index (κ1) is 22.2. The topological polar surface area (TPSA) is 60.7 Å². The zero-order valence-corrected chi connectivity index (χ0v) is 18.5. The lowest BCUT2D eigenvalue weighted by atomic mass is 9.63. The molecule has 0 aliphatic heterocycles. The van der Waals surface area contributed by atoms with Crippen LogP contribution < -0.4 is 0 Å². The molecule has 0 amide bonds. The minimum Gasteiger partial charge on any atom is -0.513 e. The molecule has 1 saturated carbocycles. The van der Waals surface area contributed by atoms with Crippen LogP contribution >= 0.6 is 0 Å². The number of aliphatic hydroxyl groups is 2. The lowest BCUT2D eigenvalue weighted by molar-refractivity contribution is 0.109. The average molecular weight is 401 g/mol. The van der Waals surface area contributed by atoms with Crippen molar-refractivity contribution in [2.75, 3.05) is 6.61 Å². The first-order valence-electron chi connectivity index (χ1n) is 11.7. The van der Waals surface area contributed by atoms with Crippen LogP contribution in [-0.4, -0.2) is 21.9 Å². The molecule has 4 unspecified atom stereocenters. The van der Waals surface area contributed by atoms with Crippen molar-refractivity contribution < 1.29 is 15.3 Å². The van der Waals surface area contributed by atoms with Crippen molar-refractivity contribution in [3.63, 3.8) is 0 Å². The highest BCUT2D eigenvalue weighted by molar-refractivity contribution is 5.42. The fourth-order valence-electron chi connectivity index (χ4n) is 5.60. The summed E-state index contributed by atoms with van der Waals surface area (Å²) in [6.07, 6.45) is 11.8. The highest BCUT2D eigenvalue weighted by atomic mass is 16.3. The second-order valence-corrected chi connectivity index (χ2v) is 10.1. The molecule has 3 nitrogen and oxygen atoms in total. The number of rotatable bonds is 8. The third-order valence-electron chi connectivity index (χ3n) is 7.54. The fourth-order valence-corrected chi connectivity index (χ4v) is 5.60. The van der Waals surface area contributed by atoms with Crippen LogP contribution in [0.1, 0.15) is 95.6 Å². The molecule has 0 aromatic heterocycles. The van der Waals surface area contributed by atoms with E-state index in [0.717, 1.165) is 31.2 Å². The normalized spacial score (nSPS) is 27.4. The second kappa shape index (κ2) is 9.55. The summed E-state index contributed by atoms with van der Waals surface area (Å²) in [4.78, 5) is 0. The molecule has 1 aromatic carbocycles. The Balaban J connectivity index is 1.79. The van der Waals surface area contributed by atoms with Crippen molar-refractivity contribution in [1.29, 1.82) is 0 Å². The third kappa shape index (κ3) is 5.17. The van der Waals surface area contributed by atoms with Gasteiger partial charge in [-0.2, -0.15) is 0 Å². The van der Waals surface area contributed by atoms with E-state index in [1.54, 1.807) is 0 Å². The highest BCUT2D eigenvalue weighted by Gasteiger charge is 2.39. The Bertz CT molecular complexity index is 706. The number of allylic oxidation sites excluding steroid dienone is 2. The minimum absolute atomic E-state index is 0.0493. The summed E-state index contributed by atoms with van der Waals surface area (Å²) in [7, 11) is 0. The molecule has 0 spiro atoms. The smallest absolute Gasteiger partial charge is 0.119 e. The molecule has 4 atom stereocenters. The Hall–Kier alpha value is -1.48. The van der Waals surface area contributed by atoms with Crippen LogP contribution in [0.4, 0.5) is 0 Å². The van der Waals surface area contributed by atoms with Crippen LogP contribution in [-0.2, 0) is 5.41 Å². The first-order valence-corrected chi connectivity index (χ1v) is 11.7. The van der Waals surface area contributed by atoms with E-state index in [1.165, 1.54) is 31.2 Å². The summed E-state index contributed by atoms with van der Waals surface area (Å²) in [5.74, 6) is 2.03. The lowest BCUT2D eigenvalue weighted by Crippen LogP contribution is -2.33. The highest BCUT2D eigenvalue weighted by Crippen LogP contribution is 2.50. The van der Waals surface area contributed by atoms with Crippen molar-refractivity contribution in [1.82, 2.24) is 0 Å².